The van der Waals surface area contributed by atoms with Crippen molar-refractivity contribution >= 4 is 38.9 Å². The van der Waals surface area contributed by atoms with Crippen molar-refractivity contribution in [2.24, 2.45) is 0 Å². The molecule has 128 valence electrons. The van der Waals surface area contributed by atoms with Gasteiger partial charge in [-0.2, -0.15) is 0 Å². The highest BCUT2D eigenvalue weighted by Gasteiger charge is 2.09. The zero-order valence-electron chi connectivity index (χ0n) is 13.7. The molecule has 0 bridgehead atoms. The maximum Gasteiger partial charge on any atom is 0.255 e. The topological polar surface area (TPSA) is 78.4 Å². The summed E-state index contributed by atoms with van der Waals surface area (Å²) >= 11 is 1.60. The van der Waals surface area contributed by atoms with Gasteiger partial charge in [-0.3, -0.25) is 14.8 Å². The molecule has 0 atom stereocenters. The number of carbonyl (C=O) groups excluding carboxylic acids is 2. The predicted molar refractivity (Wildman–Crippen MR) is 99.2 cm³/mol. The molecule has 3 aromatic rings. The fourth-order valence-electron chi connectivity index (χ4n) is 2.50. The molecule has 5 nitrogen and oxygen atoms in total. The van der Waals surface area contributed by atoms with Crippen LogP contribution >= 0.6 is 11.3 Å². The first-order valence-corrected chi connectivity index (χ1v) is 8.70. The quantitative estimate of drug-likeness (QED) is 0.480. The molecule has 0 radical (unpaired) electrons. The van der Waals surface area contributed by atoms with Gasteiger partial charge in [0.1, 0.15) is 0 Å². The van der Waals surface area contributed by atoms with Gasteiger partial charge < -0.3 is 5.32 Å². The zero-order chi connectivity index (χ0) is 17.8. The number of carbonyl (C=O) groups is 2. The van der Waals surface area contributed by atoms with Gasteiger partial charge in [-0.25, -0.2) is 5.48 Å². The van der Waals surface area contributed by atoms with Gasteiger partial charge in [0.15, 0.2) is 0 Å². The van der Waals surface area contributed by atoms with E-state index >= 15 is 0 Å². The molecule has 1 aromatic heterocycles. The van der Waals surface area contributed by atoms with Crippen molar-refractivity contribution in [2.75, 3.05) is 5.32 Å². The van der Waals surface area contributed by atoms with Gasteiger partial charge in [-0.15, -0.1) is 11.3 Å². The molecule has 0 aliphatic carbocycles. The zero-order valence-corrected chi connectivity index (χ0v) is 14.5. The van der Waals surface area contributed by atoms with E-state index in [9.17, 15) is 9.59 Å². The lowest BCUT2D eigenvalue weighted by Gasteiger charge is -2.05. The fourth-order valence-corrected chi connectivity index (χ4v) is 3.54. The Morgan fingerprint density at radius 2 is 1.84 bits per heavy atom. The van der Waals surface area contributed by atoms with Crippen molar-refractivity contribution in [1.29, 1.82) is 0 Å². The van der Waals surface area contributed by atoms with Gasteiger partial charge in [0.05, 0.1) is 0 Å². The smallest absolute Gasteiger partial charge is 0.255 e. The highest BCUT2D eigenvalue weighted by molar-refractivity contribution is 7.19. The lowest BCUT2D eigenvalue weighted by atomic mass is 10.1. The van der Waals surface area contributed by atoms with Crippen molar-refractivity contribution in [2.45, 2.75) is 19.8 Å². The van der Waals surface area contributed by atoms with Crippen LogP contribution in [0.15, 0.2) is 48.5 Å². The van der Waals surface area contributed by atoms with E-state index in [1.54, 1.807) is 28.9 Å². The fraction of sp³-hybridized carbons (Fsp3) is 0.158. The minimum Gasteiger partial charge on any atom is -0.322 e. The second-order valence-electron chi connectivity index (χ2n) is 5.82. The summed E-state index contributed by atoms with van der Waals surface area (Å²) in [5, 5.41) is 12.5. The minimum absolute atomic E-state index is 0.144. The average Bonchev–Trinajstić information content (AvgIpc) is 3.02. The van der Waals surface area contributed by atoms with Crippen LogP contribution in [0.4, 0.5) is 5.69 Å². The molecule has 2 amide bonds. The molecule has 25 heavy (non-hydrogen) atoms. The summed E-state index contributed by atoms with van der Waals surface area (Å²) in [5.74, 6) is -0.544. The number of fused-ring (bicyclic) bond motifs is 1. The largest absolute Gasteiger partial charge is 0.322 e. The van der Waals surface area contributed by atoms with E-state index in [0.717, 1.165) is 26.2 Å². The first-order chi connectivity index (χ1) is 12.0. The lowest BCUT2D eigenvalue weighted by molar-refractivity contribution is -0.129. The Bertz CT molecular complexity index is 916. The Morgan fingerprint density at radius 1 is 1.08 bits per heavy atom. The lowest BCUT2D eigenvalue weighted by Crippen LogP contribution is -2.18. The van der Waals surface area contributed by atoms with Crippen molar-refractivity contribution in [3.05, 3.63) is 64.5 Å². The summed E-state index contributed by atoms with van der Waals surface area (Å²) in [4.78, 5) is 24.5. The predicted octanol–water partition coefficient (Wildman–Crippen LogP) is 3.90. The van der Waals surface area contributed by atoms with Crippen LogP contribution in [-0.2, 0) is 11.2 Å². The molecule has 2 aromatic carbocycles. The summed E-state index contributed by atoms with van der Waals surface area (Å²) in [7, 11) is 0. The summed E-state index contributed by atoms with van der Waals surface area (Å²) in [5.41, 5.74) is 4.10. The second-order valence-corrected chi connectivity index (χ2v) is 6.99. The van der Waals surface area contributed by atoms with Crippen molar-refractivity contribution < 1.29 is 14.8 Å². The minimum atomic E-state index is -0.400. The summed E-state index contributed by atoms with van der Waals surface area (Å²) < 4.78 is 1.09. The molecule has 0 aliphatic heterocycles. The van der Waals surface area contributed by atoms with Crippen LogP contribution in [0, 0.1) is 6.92 Å². The van der Waals surface area contributed by atoms with Crippen LogP contribution in [0.2, 0.25) is 0 Å². The van der Waals surface area contributed by atoms with Crippen LogP contribution in [-0.4, -0.2) is 17.0 Å². The molecule has 0 fully saturated rings. The Labute approximate surface area is 149 Å². The number of nitrogens with one attached hydrogen (secondary N) is 2. The van der Waals surface area contributed by atoms with E-state index in [2.05, 4.69) is 5.32 Å². The monoisotopic (exact) mass is 354 g/mol. The third kappa shape index (κ3) is 4.23. The normalized spacial score (nSPS) is 10.6. The summed E-state index contributed by atoms with van der Waals surface area (Å²) in [6, 6.07) is 15.2. The van der Waals surface area contributed by atoms with Crippen molar-refractivity contribution in [1.82, 2.24) is 5.48 Å². The number of amides is 2. The number of hydroxylamine groups is 1. The van der Waals surface area contributed by atoms with Gasteiger partial charge in [0.2, 0.25) is 5.91 Å². The Morgan fingerprint density at radius 3 is 2.56 bits per heavy atom. The van der Waals surface area contributed by atoms with Crippen LogP contribution in [0.25, 0.3) is 10.1 Å². The molecular weight excluding hydrogens is 336 g/mol. The number of hydrogen-bond acceptors (Lipinski definition) is 4. The third-order valence-corrected chi connectivity index (χ3v) is 5.04. The van der Waals surface area contributed by atoms with E-state index in [0.29, 0.717) is 12.0 Å². The van der Waals surface area contributed by atoms with Gasteiger partial charge in [0.25, 0.3) is 5.91 Å². The molecule has 0 saturated carbocycles. The average molecular weight is 354 g/mol. The SMILES string of the molecule is Cc1ccc(C(=O)Nc2ccc3sc(CCC(=O)NO)cc3c2)cc1. The van der Waals surface area contributed by atoms with E-state index in [-0.39, 0.29) is 12.3 Å². The number of benzene rings is 2. The van der Waals surface area contributed by atoms with Crippen LogP contribution in [0.1, 0.15) is 27.2 Å². The number of aryl methyl sites for hydroxylation is 2. The molecular formula is C19H18N2O3S. The van der Waals surface area contributed by atoms with Crippen LogP contribution < -0.4 is 10.8 Å². The molecule has 3 rings (SSSR count). The molecule has 0 saturated heterocycles. The summed E-state index contributed by atoms with van der Waals surface area (Å²) in [6.45, 7) is 1.98. The van der Waals surface area contributed by atoms with Gasteiger partial charge >= 0.3 is 0 Å². The highest BCUT2D eigenvalue weighted by atomic mass is 32.1. The molecule has 1 heterocycles. The van der Waals surface area contributed by atoms with Crippen molar-refractivity contribution in [3.63, 3.8) is 0 Å². The Balaban J connectivity index is 1.73. The second kappa shape index (κ2) is 7.46. The summed E-state index contributed by atoms with van der Waals surface area (Å²) in [6.07, 6.45) is 0.803. The number of rotatable bonds is 5. The molecule has 0 unspecified atom stereocenters. The molecule has 0 spiro atoms. The third-order valence-electron chi connectivity index (χ3n) is 3.86. The van der Waals surface area contributed by atoms with E-state index in [1.165, 1.54) is 0 Å². The first kappa shape index (κ1) is 17.1. The maximum atomic E-state index is 12.3. The van der Waals surface area contributed by atoms with Crippen LogP contribution in [0.3, 0.4) is 0 Å². The van der Waals surface area contributed by atoms with Gasteiger partial charge in [-0.1, -0.05) is 17.7 Å². The van der Waals surface area contributed by atoms with E-state index < -0.39 is 5.91 Å². The number of thiophene rings is 1. The molecule has 6 heteroatoms. The maximum absolute atomic E-state index is 12.3. The highest BCUT2D eigenvalue weighted by Crippen LogP contribution is 2.29. The van der Waals surface area contributed by atoms with E-state index in [1.807, 2.05) is 43.3 Å². The molecule has 0 aliphatic rings. The standard InChI is InChI=1S/C19H18N2O3S/c1-12-2-4-13(5-3-12)19(23)20-15-6-8-17-14(10-15)11-16(25-17)7-9-18(22)21-24/h2-6,8,10-11,24H,7,9H2,1H3,(H,20,23)(H,21,22). The van der Waals surface area contributed by atoms with Gasteiger partial charge in [0, 0.05) is 27.2 Å². The van der Waals surface area contributed by atoms with Crippen molar-refractivity contribution in [3.8, 4) is 0 Å². The van der Waals surface area contributed by atoms with Gasteiger partial charge in [-0.05, 0) is 55.1 Å². The van der Waals surface area contributed by atoms with Crippen LogP contribution in [0.5, 0.6) is 0 Å². The Kier molecular flexibility index (Phi) is 5.11. The molecule has 3 N–H and O–H groups in total. The Hall–Kier alpha value is -2.70. The number of hydrogen-bond donors (Lipinski definition) is 3. The number of anilines is 1. The first-order valence-electron chi connectivity index (χ1n) is 7.88. The van der Waals surface area contributed by atoms with E-state index in [4.69, 9.17) is 5.21 Å².